The molecule has 0 atom stereocenters. The molecule has 2 heterocycles. The quantitative estimate of drug-likeness (QED) is 0.568. The lowest BCUT2D eigenvalue weighted by Crippen LogP contribution is -2.29. The van der Waals surface area contributed by atoms with Crippen LogP contribution in [0.15, 0.2) is 47.3 Å². The summed E-state index contributed by atoms with van der Waals surface area (Å²) >= 11 is 0. The van der Waals surface area contributed by atoms with Crippen molar-refractivity contribution in [3.05, 3.63) is 42.9 Å². The summed E-state index contributed by atoms with van der Waals surface area (Å²) in [6.07, 6.45) is 3.47. The van der Waals surface area contributed by atoms with Crippen LogP contribution in [0, 0.1) is 0 Å². The molecule has 0 N–H and O–H groups in total. The van der Waals surface area contributed by atoms with Crippen LogP contribution in [0.4, 0.5) is 0 Å². The van der Waals surface area contributed by atoms with Crippen LogP contribution in [0.1, 0.15) is 0 Å². The fourth-order valence-corrected chi connectivity index (χ4v) is 2.26. The number of fused-ring (bicyclic) bond motifs is 1. The molecule has 3 aromatic rings. The molecule has 3 heteroatoms. The van der Waals surface area contributed by atoms with Gasteiger partial charge in [0.15, 0.2) is 11.0 Å². The Hall–Kier alpha value is -2.03. The summed E-state index contributed by atoms with van der Waals surface area (Å²) in [4.78, 5) is 0. The third kappa shape index (κ3) is 1.11. The molecule has 16 heavy (non-hydrogen) atoms. The van der Waals surface area contributed by atoms with Crippen molar-refractivity contribution in [2.75, 3.05) is 0 Å². The van der Waals surface area contributed by atoms with E-state index in [1.807, 2.05) is 6.07 Å². The molecule has 0 unspecified atom stereocenters. The van der Waals surface area contributed by atoms with E-state index in [4.69, 9.17) is 4.42 Å². The fourth-order valence-electron chi connectivity index (χ4n) is 2.26. The van der Waals surface area contributed by atoms with E-state index in [1.165, 1.54) is 11.0 Å². The Balaban J connectivity index is 2.42. The smallest absolute Gasteiger partial charge is 0.292 e. The molecule has 3 rings (SSSR count). The SMILES string of the molecule is Cn1c(-c2ccoc2)[n+](C)c2ccccc21. The minimum Gasteiger partial charge on any atom is -0.472 e. The Labute approximate surface area is 93.5 Å². The van der Waals surface area contributed by atoms with Crippen LogP contribution in [0.5, 0.6) is 0 Å². The summed E-state index contributed by atoms with van der Waals surface area (Å²) in [6, 6.07) is 10.3. The first kappa shape index (κ1) is 9.21. The summed E-state index contributed by atoms with van der Waals surface area (Å²) in [5.41, 5.74) is 3.55. The summed E-state index contributed by atoms with van der Waals surface area (Å²) in [7, 11) is 4.15. The van der Waals surface area contributed by atoms with E-state index < -0.39 is 0 Å². The van der Waals surface area contributed by atoms with Gasteiger partial charge in [0.05, 0.1) is 20.4 Å². The Kier molecular flexibility index (Phi) is 1.86. The molecule has 0 aliphatic rings. The Bertz CT molecular complexity index is 596. The van der Waals surface area contributed by atoms with Crippen LogP contribution in [-0.2, 0) is 14.1 Å². The van der Waals surface area contributed by atoms with E-state index in [0.717, 1.165) is 11.4 Å². The number of hydrogen-bond donors (Lipinski definition) is 0. The number of aromatic nitrogens is 2. The van der Waals surface area contributed by atoms with Gasteiger partial charge >= 0.3 is 0 Å². The van der Waals surface area contributed by atoms with Crippen molar-refractivity contribution in [3.63, 3.8) is 0 Å². The standard InChI is InChI=1S/C13H13N2O/c1-14-11-5-3-4-6-12(11)15(2)13(14)10-7-8-16-9-10/h3-9H,1-2H3/q+1. The highest BCUT2D eigenvalue weighted by atomic mass is 16.3. The van der Waals surface area contributed by atoms with Gasteiger partial charge in [-0.15, -0.1) is 0 Å². The Morgan fingerprint density at radius 1 is 1.19 bits per heavy atom. The lowest BCUT2D eigenvalue weighted by Gasteiger charge is -1.93. The number of furan rings is 1. The first-order chi connectivity index (χ1) is 7.79. The van der Waals surface area contributed by atoms with E-state index >= 15 is 0 Å². The maximum absolute atomic E-state index is 5.15. The number of hydrogen-bond acceptors (Lipinski definition) is 1. The maximum atomic E-state index is 5.15. The largest absolute Gasteiger partial charge is 0.472 e. The normalized spacial score (nSPS) is 11.1. The van der Waals surface area contributed by atoms with Crippen molar-refractivity contribution < 1.29 is 8.98 Å². The lowest BCUT2D eigenvalue weighted by molar-refractivity contribution is -0.634. The van der Waals surface area contributed by atoms with Gasteiger partial charge in [0.1, 0.15) is 11.8 Å². The highest BCUT2D eigenvalue weighted by molar-refractivity contribution is 5.75. The van der Waals surface area contributed by atoms with Gasteiger partial charge in [-0.1, -0.05) is 12.1 Å². The van der Waals surface area contributed by atoms with E-state index in [9.17, 15) is 0 Å². The summed E-state index contributed by atoms with van der Waals surface area (Å²) in [5.74, 6) is 1.15. The average molecular weight is 213 g/mol. The Morgan fingerprint density at radius 2 is 2.00 bits per heavy atom. The molecule has 0 aliphatic heterocycles. The van der Waals surface area contributed by atoms with Gasteiger partial charge in [0.2, 0.25) is 0 Å². The highest BCUT2D eigenvalue weighted by Gasteiger charge is 2.21. The number of rotatable bonds is 1. The van der Waals surface area contributed by atoms with Crippen molar-refractivity contribution in [1.82, 2.24) is 4.57 Å². The summed E-state index contributed by atoms with van der Waals surface area (Å²) in [6.45, 7) is 0. The van der Waals surface area contributed by atoms with E-state index in [0.29, 0.717) is 0 Å². The zero-order valence-electron chi connectivity index (χ0n) is 9.34. The van der Waals surface area contributed by atoms with E-state index in [1.54, 1.807) is 12.5 Å². The van der Waals surface area contributed by atoms with E-state index in [-0.39, 0.29) is 0 Å². The van der Waals surface area contributed by atoms with Gasteiger partial charge in [-0.3, -0.25) is 0 Å². The number of benzene rings is 1. The van der Waals surface area contributed by atoms with Crippen molar-refractivity contribution >= 4 is 11.0 Å². The van der Waals surface area contributed by atoms with E-state index in [2.05, 4.69) is 47.5 Å². The van der Waals surface area contributed by atoms with Crippen molar-refractivity contribution in [3.8, 4) is 11.4 Å². The number of para-hydroxylation sites is 2. The summed E-state index contributed by atoms with van der Waals surface area (Å²) in [5, 5.41) is 0. The second-order valence-electron chi connectivity index (χ2n) is 3.94. The predicted octanol–water partition coefficient (Wildman–Crippen LogP) is 2.26. The topological polar surface area (TPSA) is 21.9 Å². The minimum absolute atomic E-state index is 1.10. The molecular weight excluding hydrogens is 200 g/mol. The molecular formula is C13H13N2O+. The third-order valence-electron chi connectivity index (χ3n) is 3.02. The minimum atomic E-state index is 1.10. The van der Waals surface area contributed by atoms with Gasteiger partial charge in [-0.05, 0) is 18.2 Å². The molecule has 0 spiro atoms. The third-order valence-corrected chi connectivity index (χ3v) is 3.02. The number of aryl methyl sites for hydroxylation is 2. The van der Waals surface area contributed by atoms with Crippen molar-refractivity contribution in [2.24, 2.45) is 14.1 Å². The second kappa shape index (κ2) is 3.23. The number of nitrogens with zero attached hydrogens (tertiary/aromatic N) is 2. The molecule has 1 aromatic carbocycles. The van der Waals surface area contributed by atoms with Crippen LogP contribution in [-0.4, -0.2) is 4.57 Å². The molecule has 80 valence electrons. The molecule has 2 aromatic heterocycles. The van der Waals surface area contributed by atoms with Gasteiger partial charge < -0.3 is 4.42 Å². The van der Waals surface area contributed by atoms with Gasteiger partial charge in [0, 0.05) is 0 Å². The molecule has 0 fully saturated rings. The first-order valence-corrected chi connectivity index (χ1v) is 5.25. The van der Waals surface area contributed by atoms with Crippen LogP contribution in [0.2, 0.25) is 0 Å². The average Bonchev–Trinajstić information content (AvgIpc) is 2.89. The maximum Gasteiger partial charge on any atom is 0.292 e. The van der Waals surface area contributed by atoms with Gasteiger partial charge in [-0.2, -0.15) is 0 Å². The lowest BCUT2D eigenvalue weighted by atomic mass is 10.3. The van der Waals surface area contributed by atoms with Gasteiger partial charge in [0.25, 0.3) is 5.82 Å². The predicted molar refractivity (Wildman–Crippen MR) is 61.8 cm³/mol. The zero-order valence-corrected chi connectivity index (χ0v) is 9.34. The fraction of sp³-hybridized carbons (Fsp3) is 0.154. The van der Waals surface area contributed by atoms with Crippen LogP contribution in [0.25, 0.3) is 22.4 Å². The van der Waals surface area contributed by atoms with Crippen molar-refractivity contribution in [2.45, 2.75) is 0 Å². The molecule has 0 bridgehead atoms. The van der Waals surface area contributed by atoms with Crippen LogP contribution in [0.3, 0.4) is 0 Å². The second-order valence-corrected chi connectivity index (χ2v) is 3.94. The van der Waals surface area contributed by atoms with Gasteiger partial charge in [-0.25, -0.2) is 9.13 Å². The molecule has 0 radical (unpaired) electrons. The zero-order chi connectivity index (χ0) is 11.1. The molecule has 3 nitrogen and oxygen atoms in total. The highest BCUT2D eigenvalue weighted by Crippen LogP contribution is 2.21. The summed E-state index contributed by atoms with van der Waals surface area (Å²) < 4.78 is 9.51. The molecule has 0 saturated heterocycles. The first-order valence-electron chi connectivity index (χ1n) is 5.25. The number of imidazole rings is 1. The Morgan fingerprint density at radius 3 is 2.69 bits per heavy atom. The molecule has 0 amide bonds. The van der Waals surface area contributed by atoms with Crippen LogP contribution >= 0.6 is 0 Å². The molecule has 0 aliphatic carbocycles. The molecule has 0 saturated carbocycles. The van der Waals surface area contributed by atoms with Crippen LogP contribution < -0.4 is 4.57 Å². The monoisotopic (exact) mass is 213 g/mol. The van der Waals surface area contributed by atoms with Crippen molar-refractivity contribution in [1.29, 1.82) is 0 Å².